The zero-order chi connectivity index (χ0) is 20.8. The summed E-state index contributed by atoms with van der Waals surface area (Å²) in [5, 5.41) is 15.3. The van der Waals surface area contributed by atoms with Crippen LogP contribution in [0, 0.1) is 5.92 Å². The number of amides is 2. The molecule has 8 nitrogen and oxygen atoms in total. The van der Waals surface area contributed by atoms with E-state index in [2.05, 4.69) is 34.6 Å². The topological polar surface area (TPSA) is 116 Å². The van der Waals surface area contributed by atoms with Crippen LogP contribution in [0.3, 0.4) is 0 Å². The van der Waals surface area contributed by atoms with E-state index in [9.17, 15) is 9.59 Å². The Bertz CT molecular complexity index is 966. The summed E-state index contributed by atoms with van der Waals surface area (Å²) in [6.07, 6.45) is 0.831. The zero-order valence-electron chi connectivity index (χ0n) is 16.4. The van der Waals surface area contributed by atoms with Crippen molar-refractivity contribution in [3.8, 4) is 11.4 Å². The van der Waals surface area contributed by atoms with E-state index in [0.29, 0.717) is 22.9 Å². The number of hydrogen-bond acceptors (Lipinski definition) is 5. The number of nitrogens with one attached hydrogen (secondary N) is 1. The maximum absolute atomic E-state index is 12.6. The van der Waals surface area contributed by atoms with Crippen molar-refractivity contribution in [2.24, 2.45) is 11.7 Å². The monoisotopic (exact) mass is 392 g/mol. The predicted molar refractivity (Wildman–Crippen MR) is 109 cm³/mol. The minimum Gasteiger partial charge on any atom is -0.366 e. The number of tetrazole rings is 1. The van der Waals surface area contributed by atoms with Crippen LogP contribution < -0.4 is 11.1 Å². The molecule has 3 aromatic rings. The van der Waals surface area contributed by atoms with Crippen LogP contribution in [-0.4, -0.2) is 32.0 Å². The lowest BCUT2D eigenvalue weighted by Crippen LogP contribution is -2.33. The van der Waals surface area contributed by atoms with Crippen LogP contribution in [0.4, 0.5) is 0 Å². The van der Waals surface area contributed by atoms with Gasteiger partial charge in [0.15, 0.2) is 0 Å². The summed E-state index contributed by atoms with van der Waals surface area (Å²) in [4.78, 5) is 25.0. The average molecular weight is 392 g/mol. The smallest absolute Gasteiger partial charge is 0.248 e. The summed E-state index contributed by atoms with van der Waals surface area (Å²) < 4.78 is 0. The Morgan fingerprint density at radius 3 is 2.38 bits per heavy atom. The van der Waals surface area contributed by atoms with Crippen LogP contribution in [0.1, 0.15) is 42.2 Å². The molecule has 0 spiro atoms. The fourth-order valence-electron chi connectivity index (χ4n) is 3.01. The maximum Gasteiger partial charge on any atom is 0.248 e. The number of carbonyl (C=O) groups is 2. The summed E-state index contributed by atoms with van der Waals surface area (Å²) in [6.45, 7) is 4.21. The molecule has 8 heteroatoms. The molecule has 2 amide bonds. The Kier molecular flexibility index (Phi) is 6.33. The number of primary amides is 1. The van der Waals surface area contributed by atoms with Gasteiger partial charge in [-0.2, -0.15) is 4.80 Å². The van der Waals surface area contributed by atoms with E-state index < -0.39 is 5.91 Å². The van der Waals surface area contributed by atoms with Gasteiger partial charge >= 0.3 is 0 Å². The molecule has 0 radical (unpaired) electrons. The number of nitrogens with zero attached hydrogens (tertiary/aromatic N) is 4. The summed E-state index contributed by atoms with van der Waals surface area (Å²) >= 11 is 0. The van der Waals surface area contributed by atoms with E-state index in [1.165, 1.54) is 4.80 Å². The van der Waals surface area contributed by atoms with Gasteiger partial charge < -0.3 is 11.1 Å². The van der Waals surface area contributed by atoms with Crippen molar-refractivity contribution < 1.29 is 9.59 Å². The summed E-state index contributed by atoms with van der Waals surface area (Å²) in [5.41, 5.74) is 7.39. The number of carbonyl (C=O) groups excluding carboxylic acids is 2. The van der Waals surface area contributed by atoms with Gasteiger partial charge in [-0.3, -0.25) is 9.59 Å². The van der Waals surface area contributed by atoms with Gasteiger partial charge in [-0.25, -0.2) is 0 Å². The minimum absolute atomic E-state index is 0.0339. The SMILES string of the molecule is CC(C)C[C@@H](NC(=O)Cn1nnc(-c2ccc(C(N)=O)cc2)n1)c1ccccc1. The molecule has 3 rings (SSSR count). The molecule has 0 fully saturated rings. The molecule has 3 N–H and O–H groups in total. The highest BCUT2D eigenvalue weighted by atomic mass is 16.2. The number of rotatable bonds is 8. The van der Waals surface area contributed by atoms with E-state index in [-0.39, 0.29) is 18.5 Å². The third-order valence-electron chi connectivity index (χ3n) is 4.41. The van der Waals surface area contributed by atoms with E-state index >= 15 is 0 Å². The standard InChI is InChI=1S/C21H24N6O2/c1-14(2)12-18(15-6-4-3-5-7-15)23-19(28)13-27-25-21(24-26-27)17-10-8-16(9-11-17)20(22)29/h3-11,14,18H,12-13H2,1-2H3,(H2,22,29)(H,23,28)/t18-/m1/s1. The molecule has 0 saturated carbocycles. The first kappa shape index (κ1) is 20.2. The van der Waals surface area contributed by atoms with Crippen molar-refractivity contribution in [3.05, 3.63) is 65.7 Å². The average Bonchev–Trinajstić information content (AvgIpc) is 3.16. The Balaban J connectivity index is 1.66. The highest BCUT2D eigenvalue weighted by Gasteiger charge is 2.17. The minimum atomic E-state index is -0.501. The fraction of sp³-hybridized carbons (Fsp3) is 0.286. The molecular weight excluding hydrogens is 368 g/mol. The van der Waals surface area contributed by atoms with Crippen molar-refractivity contribution in [1.29, 1.82) is 0 Å². The van der Waals surface area contributed by atoms with Crippen molar-refractivity contribution >= 4 is 11.8 Å². The maximum atomic E-state index is 12.6. The quantitative estimate of drug-likeness (QED) is 0.610. The van der Waals surface area contributed by atoms with Crippen molar-refractivity contribution in [3.63, 3.8) is 0 Å². The van der Waals surface area contributed by atoms with Gasteiger partial charge in [0, 0.05) is 11.1 Å². The van der Waals surface area contributed by atoms with E-state index in [1.807, 2.05) is 30.3 Å². The molecule has 0 aliphatic carbocycles. The lowest BCUT2D eigenvalue weighted by atomic mass is 9.97. The summed E-state index contributed by atoms with van der Waals surface area (Å²) in [6, 6.07) is 16.4. The number of aromatic nitrogens is 4. The first-order valence-electron chi connectivity index (χ1n) is 9.44. The Labute approximate surface area is 169 Å². The van der Waals surface area contributed by atoms with Gasteiger partial charge in [0.25, 0.3) is 0 Å². The summed E-state index contributed by atoms with van der Waals surface area (Å²) in [5.74, 6) is 0.113. The molecule has 29 heavy (non-hydrogen) atoms. The van der Waals surface area contributed by atoms with E-state index in [4.69, 9.17) is 5.73 Å². The molecule has 0 unspecified atom stereocenters. The predicted octanol–water partition coefficient (Wildman–Crippen LogP) is 2.34. The van der Waals surface area contributed by atoms with Crippen molar-refractivity contribution in [2.75, 3.05) is 0 Å². The third kappa shape index (κ3) is 5.47. The molecule has 2 aromatic carbocycles. The van der Waals surface area contributed by atoms with Crippen LogP contribution in [0.25, 0.3) is 11.4 Å². The molecule has 1 heterocycles. The van der Waals surface area contributed by atoms with Gasteiger partial charge in [-0.1, -0.05) is 56.3 Å². The third-order valence-corrected chi connectivity index (χ3v) is 4.41. The van der Waals surface area contributed by atoms with Crippen molar-refractivity contribution in [1.82, 2.24) is 25.5 Å². The second-order valence-corrected chi connectivity index (χ2v) is 7.25. The Hall–Kier alpha value is -3.55. The second kappa shape index (κ2) is 9.09. The fourth-order valence-corrected chi connectivity index (χ4v) is 3.01. The molecular formula is C21H24N6O2. The normalized spacial score (nSPS) is 12.0. The molecule has 0 aliphatic heterocycles. The van der Waals surface area contributed by atoms with E-state index in [0.717, 1.165) is 12.0 Å². The zero-order valence-corrected chi connectivity index (χ0v) is 16.4. The van der Waals surface area contributed by atoms with Crippen LogP contribution in [0.5, 0.6) is 0 Å². The van der Waals surface area contributed by atoms with Gasteiger partial charge in [-0.15, -0.1) is 10.2 Å². The van der Waals surface area contributed by atoms with E-state index in [1.54, 1.807) is 24.3 Å². The highest BCUT2D eigenvalue weighted by Crippen LogP contribution is 2.21. The van der Waals surface area contributed by atoms with Gasteiger partial charge in [0.05, 0.1) is 6.04 Å². The Morgan fingerprint density at radius 1 is 1.07 bits per heavy atom. The molecule has 0 bridgehead atoms. The van der Waals surface area contributed by atoms with Gasteiger partial charge in [0.1, 0.15) is 6.54 Å². The molecule has 150 valence electrons. The molecule has 1 aromatic heterocycles. The second-order valence-electron chi connectivity index (χ2n) is 7.25. The molecule has 0 aliphatic rings. The first-order valence-corrected chi connectivity index (χ1v) is 9.44. The lowest BCUT2D eigenvalue weighted by molar-refractivity contribution is -0.123. The van der Waals surface area contributed by atoms with Gasteiger partial charge in [0.2, 0.25) is 17.6 Å². The summed E-state index contributed by atoms with van der Waals surface area (Å²) in [7, 11) is 0. The lowest BCUT2D eigenvalue weighted by Gasteiger charge is -2.21. The molecule has 1 atom stereocenters. The van der Waals surface area contributed by atoms with Crippen LogP contribution >= 0.6 is 0 Å². The van der Waals surface area contributed by atoms with Crippen molar-refractivity contribution in [2.45, 2.75) is 32.9 Å². The van der Waals surface area contributed by atoms with Crippen LogP contribution in [0.15, 0.2) is 54.6 Å². The Morgan fingerprint density at radius 2 is 1.76 bits per heavy atom. The van der Waals surface area contributed by atoms with Crippen LogP contribution in [0.2, 0.25) is 0 Å². The first-order chi connectivity index (χ1) is 13.9. The van der Waals surface area contributed by atoms with Gasteiger partial charge in [-0.05, 0) is 35.2 Å². The van der Waals surface area contributed by atoms with Crippen LogP contribution in [-0.2, 0) is 11.3 Å². The number of hydrogen-bond donors (Lipinski definition) is 2. The highest BCUT2D eigenvalue weighted by molar-refractivity contribution is 5.93. The largest absolute Gasteiger partial charge is 0.366 e. The molecule has 0 saturated heterocycles. The number of benzene rings is 2. The number of nitrogens with two attached hydrogens (primary N) is 1.